The molecule has 1 atom stereocenters. The van der Waals surface area contributed by atoms with Crippen LogP contribution < -0.4 is 16.0 Å². The van der Waals surface area contributed by atoms with Crippen LogP contribution in [-0.2, 0) is 0 Å². The number of rotatable bonds is 6. The van der Waals surface area contributed by atoms with Crippen LogP contribution in [0.3, 0.4) is 0 Å². The summed E-state index contributed by atoms with van der Waals surface area (Å²) in [6.07, 6.45) is 1.95. The van der Waals surface area contributed by atoms with Crippen molar-refractivity contribution in [3.05, 3.63) is 93.2 Å². The first kappa shape index (κ1) is 25.0. The van der Waals surface area contributed by atoms with Crippen molar-refractivity contribution >= 4 is 44.6 Å². The Kier molecular flexibility index (Phi) is 6.28. The standard InChI is InChI=1S/C28H22ClFN6O2S/c1-3-19(17-12-22-35(21(29)13-39-22)28(37)23(17)15-7-5-4-6-8-15)36-27-24(26(31)32-14-33-27)25(34-36)16-9-10-20(38-2)18(30)11-16/h4-14,19H,3H2,1-2H3,(H2,31,32,33). The second kappa shape index (κ2) is 9.79. The lowest BCUT2D eigenvalue weighted by atomic mass is 9.95. The van der Waals surface area contributed by atoms with Gasteiger partial charge in [0, 0.05) is 10.9 Å². The summed E-state index contributed by atoms with van der Waals surface area (Å²) in [4.78, 5) is 23.3. The molecule has 4 aromatic heterocycles. The minimum absolute atomic E-state index is 0.119. The van der Waals surface area contributed by atoms with E-state index in [-0.39, 0.29) is 17.1 Å². The van der Waals surface area contributed by atoms with Gasteiger partial charge in [-0.1, -0.05) is 48.9 Å². The van der Waals surface area contributed by atoms with Crippen molar-refractivity contribution in [1.82, 2.24) is 24.1 Å². The van der Waals surface area contributed by atoms with Crippen molar-refractivity contribution < 1.29 is 9.13 Å². The lowest BCUT2D eigenvalue weighted by Gasteiger charge is -2.20. The normalized spacial score (nSPS) is 12.3. The lowest BCUT2D eigenvalue weighted by Crippen LogP contribution is -2.21. The predicted octanol–water partition coefficient (Wildman–Crippen LogP) is 6.22. The van der Waals surface area contributed by atoms with Crippen molar-refractivity contribution in [3.63, 3.8) is 0 Å². The number of methoxy groups -OCH3 is 1. The van der Waals surface area contributed by atoms with E-state index in [1.807, 2.05) is 43.3 Å². The molecule has 11 heteroatoms. The van der Waals surface area contributed by atoms with Crippen LogP contribution in [0.2, 0.25) is 5.15 Å². The SMILES string of the molecule is CCC(c1cc2scc(Cl)n2c(=O)c1-c1ccccc1)n1nc(-c2ccc(OC)c(F)c2)c2c(N)ncnc21. The molecule has 4 heterocycles. The fourth-order valence-corrected chi connectivity index (χ4v) is 6.12. The number of ether oxygens (including phenoxy) is 1. The van der Waals surface area contributed by atoms with E-state index in [1.54, 1.807) is 16.1 Å². The second-order valence-electron chi connectivity index (χ2n) is 8.90. The minimum Gasteiger partial charge on any atom is -0.494 e. The first-order valence-electron chi connectivity index (χ1n) is 12.1. The van der Waals surface area contributed by atoms with E-state index in [9.17, 15) is 9.18 Å². The molecule has 0 radical (unpaired) electrons. The maximum absolute atomic E-state index is 14.7. The third kappa shape index (κ3) is 4.03. The number of nitrogens with two attached hydrogens (primary N) is 1. The van der Waals surface area contributed by atoms with Crippen molar-refractivity contribution in [1.29, 1.82) is 0 Å². The van der Waals surface area contributed by atoms with Crippen LogP contribution in [0.15, 0.2) is 71.1 Å². The number of thiazole rings is 1. The summed E-state index contributed by atoms with van der Waals surface area (Å²) in [6.45, 7) is 2.01. The molecule has 0 saturated carbocycles. The fraction of sp³-hybridized carbons (Fsp3) is 0.143. The Bertz CT molecular complexity index is 1920. The first-order chi connectivity index (χ1) is 18.9. The summed E-state index contributed by atoms with van der Waals surface area (Å²) < 4.78 is 23.0. The maximum Gasteiger partial charge on any atom is 0.265 e. The van der Waals surface area contributed by atoms with Gasteiger partial charge in [-0.3, -0.25) is 9.20 Å². The molecular formula is C28H22ClFN6O2S. The Balaban J connectivity index is 1.65. The van der Waals surface area contributed by atoms with Crippen LogP contribution in [0.5, 0.6) is 5.75 Å². The Morgan fingerprint density at radius 2 is 1.92 bits per heavy atom. The zero-order valence-corrected chi connectivity index (χ0v) is 22.5. The number of aromatic nitrogens is 5. The number of fused-ring (bicyclic) bond motifs is 2. The van der Waals surface area contributed by atoms with E-state index in [0.717, 1.165) is 11.1 Å². The Morgan fingerprint density at radius 1 is 1.13 bits per heavy atom. The number of benzene rings is 2. The molecule has 8 nitrogen and oxygen atoms in total. The average molecular weight is 561 g/mol. The van der Waals surface area contributed by atoms with E-state index in [4.69, 9.17) is 27.2 Å². The number of hydrogen-bond donors (Lipinski definition) is 1. The molecule has 0 spiro atoms. The topological polar surface area (TPSA) is 100 Å². The van der Waals surface area contributed by atoms with Crippen LogP contribution >= 0.6 is 22.9 Å². The van der Waals surface area contributed by atoms with Gasteiger partial charge in [-0.05, 0) is 41.8 Å². The van der Waals surface area contributed by atoms with E-state index < -0.39 is 11.9 Å². The van der Waals surface area contributed by atoms with Gasteiger partial charge in [0.1, 0.15) is 27.8 Å². The smallest absolute Gasteiger partial charge is 0.265 e. The van der Waals surface area contributed by atoms with Crippen LogP contribution in [-0.4, -0.2) is 31.3 Å². The van der Waals surface area contributed by atoms with Crippen LogP contribution in [0.1, 0.15) is 24.9 Å². The Hall–Kier alpha value is -4.28. The van der Waals surface area contributed by atoms with Crippen LogP contribution in [0.25, 0.3) is 38.2 Å². The summed E-state index contributed by atoms with van der Waals surface area (Å²) >= 11 is 7.79. The molecule has 6 aromatic rings. The molecule has 0 aliphatic rings. The first-order valence-corrected chi connectivity index (χ1v) is 13.4. The summed E-state index contributed by atoms with van der Waals surface area (Å²) in [5, 5.41) is 7.50. The summed E-state index contributed by atoms with van der Waals surface area (Å²) in [6, 6.07) is 15.6. The van der Waals surface area contributed by atoms with Gasteiger partial charge in [0.15, 0.2) is 17.2 Å². The van der Waals surface area contributed by atoms with Gasteiger partial charge in [0.25, 0.3) is 5.56 Å². The minimum atomic E-state index is -0.528. The summed E-state index contributed by atoms with van der Waals surface area (Å²) in [5.41, 5.74) is 9.54. The molecule has 0 aliphatic heterocycles. The third-order valence-corrected chi connectivity index (χ3v) is 8.03. The highest BCUT2D eigenvalue weighted by Gasteiger charge is 2.27. The lowest BCUT2D eigenvalue weighted by molar-refractivity contribution is 0.386. The molecule has 0 fully saturated rings. The van der Waals surface area contributed by atoms with E-state index in [2.05, 4.69) is 9.97 Å². The number of pyridine rings is 1. The molecule has 6 rings (SSSR count). The number of halogens is 2. The Labute approximate surface area is 231 Å². The zero-order valence-electron chi connectivity index (χ0n) is 20.9. The molecule has 0 saturated heterocycles. The molecule has 0 amide bonds. The van der Waals surface area contributed by atoms with E-state index in [1.165, 1.54) is 41.3 Å². The van der Waals surface area contributed by atoms with Crippen LogP contribution in [0.4, 0.5) is 10.2 Å². The van der Waals surface area contributed by atoms with Crippen molar-refractivity contribution in [2.45, 2.75) is 19.4 Å². The van der Waals surface area contributed by atoms with Gasteiger partial charge in [-0.15, -0.1) is 11.3 Å². The number of nitrogens with zero attached hydrogens (tertiary/aromatic N) is 5. The highest BCUT2D eigenvalue weighted by molar-refractivity contribution is 7.16. The fourth-order valence-electron chi connectivity index (χ4n) is 4.97. The second-order valence-corrected chi connectivity index (χ2v) is 10.2. The van der Waals surface area contributed by atoms with Gasteiger partial charge < -0.3 is 10.5 Å². The highest BCUT2D eigenvalue weighted by atomic mass is 35.5. The monoisotopic (exact) mass is 560 g/mol. The quantitative estimate of drug-likeness (QED) is 0.260. The number of nitrogen functional groups attached to an aromatic ring is 1. The van der Waals surface area contributed by atoms with Gasteiger partial charge in [0.2, 0.25) is 0 Å². The van der Waals surface area contributed by atoms with Crippen molar-refractivity contribution in [2.75, 3.05) is 12.8 Å². The van der Waals surface area contributed by atoms with Gasteiger partial charge in [-0.2, -0.15) is 5.10 Å². The van der Waals surface area contributed by atoms with E-state index >= 15 is 0 Å². The molecule has 0 aliphatic carbocycles. The molecule has 196 valence electrons. The molecule has 2 aromatic carbocycles. The van der Waals surface area contributed by atoms with Crippen molar-refractivity contribution in [2.24, 2.45) is 0 Å². The molecular weight excluding hydrogens is 539 g/mol. The predicted molar refractivity (Wildman–Crippen MR) is 152 cm³/mol. The zero-order chi connectivity index (χ0) is 27.3. The largest absolute Gasteiger partial charge is 0.494 e. The van der Waals surface area contributed by atoms with Crippen LogP contribution in [0, 0.1) is 5.82 Å². The van der Waals surface area contributed by atoms with Gasteiger partial charge >= 0.3 is 0 Å². The average Bonchev–Trinajstić information content (AvgIpc) is 3.51. The third-order valence-electron chi connectivity index (χ3n) is 6.74. The number of anilines is 1. The maximum atomic E-state index is 14.7. The molecule has 1 unspecified atom stereocenters. The molecule has 39 heavy (non-hydrogen) atoms. The Morgan fingerprint density at radius 3 is 2.64 bits per heavy atom. The van der Waals surface area contributed by atoms with Crippen molar-refractivity contribution in [3.8, 4) is 28.1 Å². The summed E-state index contributed by atoms with van der Waals surface area (Å²) in [7, 11) is 1.41. The van der Waals surface area contributed by atoms with E-state index in [0.29, 0.717) is 44.3 Å². The van der Waals surface area contributed by atoms with Gasteiger partial charge in [-0.25, -0.2) is 19.0 Å². The molecule has 0 bridgehead atoms. The van der Waals surface area contributed by atoms with Gasteiger partial charge in [0.05, 0.1) is 24.1 Å². The number of hydrogen-bond acceptors (Lipinski definition) is 7. The highest BCUT2D eigenvalue weighted by Crippen LogP contribution is 2.38. The summed E-state index contributed by atoms with van der Waals surface area (Å²) in [5.74, 6) is -0.190. The molecule has 2 N–H and O–H groups in total.